The Morgan fingerprint density at radius 1 is 1.08 bits per heavy atom. The number of nitrogens with zero attached hydrogens (tertiary/aromatic N) is 4. The number of fused-ring (bicyclic) bond motifs is 1. The van der Waals surface area contributed by atoms with Gasteiger partial charge in [0.2, 0.25) is 0 Å². The number of amides is 2. The van der Waals surface area contributed by atoms with E-state index in [4.69, 9.17) is 10.1 Å². The van der Waals surface area contributed by atoms with E-state index in [2.05, 4.69) is 9.69 Å². The zero-order chi connectivity index (χ0) is 28.1. The first-order chi connectivity index (χ1) is 18.7. The van der Waals surface area contributed by atoms with Crippen LogP contribution in [0.2, 0.25) is 0 Å². The number of nitrogens with one attached hydrogen (secondary N) is 1. The van der Waals surface area contributed by atoms with Crippen molar-refractivity contribution in [1.29, 1.82) is 0 Å². The number of benzene rings is 2. The van der Waals surface area contributed by atoms with Gasteiger partial charge in [-0.2, -0.15) is 4.37 Å². The molecule has 4 rings (SSSR count). The summed E-state index contributed by atoms with van der Waals surface area (Å²) < 4.78 is 6.05. The molecule has 0 radical (unpaired) electrons. The SMILES string of the molecule is Cc1ccc(C(=O)N(CCCNC(=O)O)C(c2nc3snc(C)c3c(=O)n2Cc2ccccc2)C(C)C)cc1. The molecule has 0 bridgehead atoms. The molecule has 10 heteroatoms. The van der Waals surface area contributed by atoms with E-state index >= 15 is 0 Å². The van der Waals surface area contributed by atoms with E-state index in [-0.39, 0.29) is 30.5 Å². The first-order valence-electron chi connectivity index (χ1n) is 12.9. The number of carbonyl (C=O) groups excluding carboxylic acids is 1. The molecule has 0 aliphatic carbocycles. The molecule has 1 atom stereocenters. The van der Waals surface area contributed by atoms with Gasteiger partial charge >= 0.3 is 6.09 Å². The van der Waals surface area contributed by atoms with Crippen molar-refractivity contribution >= 4 is 33.7 Å². The molecule has 0 spiro atoms. The average Bonchev–Trinajstić information content (AvgIpc) is 3.28. The maximum absolute atomic E-state index is 14.0. The molecule has 2 heterocycles. The second-order valence-electron chi connectivity index (χ2n) is 9.93. The lowest BCUT2D eigenvalue weighted by Crippen LogP contribution is -2.42. The fourth-order valence-corrected chi connectivity index (χ4v) is 5.47. The van der Waals surface area contributed by atoms with E-state index in [0.717, 1.165) is 11.1 Å². The van der Waals surface area contributed by atoms with Gasteiger partial charge in [0.15, 0.2) is 4.83 Å². The van der Waals surface area contributed by atoms with Gasteiger partial charge in [0, 0.05) is 18.7 Å². The van der Waals surface area contributed by atoms with Crippen LogP contribution >= 0.6 is 11.5 Å². The summed E-state index contributed by atoms with van der Waals surface area (Å²) in [7, 11) is 0. The van der Waals surface area contributed by atoms with Crippen LogP contribution in [0, 0.1) is 19.8 Å². The number of aromatic nitrogens is 3. The molecule has 2 aromatic carbocycles. The van der Waals surface area contributed by atoms with Crippen LogP contribution in [-0.2, 0) is 6.54 Å². The summed E-state index contributed by atoms with van der Waals surface area (Å²) in [6.07, 6.45) is -0.714. The Balaban J connectivity index is 1.86. The Hall–Kier alpha value is -4.05. The van der Waals surface area contributed by atoms with Crippen molar-refractivity contribution in [1.82, 2.24) is 24.1 Å². The predicted octanol–water partition coefficient (Wildman–Crippen LogP) is 5.02. The largest absolute Gasteiger partial charge is 0.465 e. The minimum Gasteiger partial charge on any atom is -0.465 e. The first kappa shape index (κ1) is 28.0. The van der Waals surface area contributed by atoms with Gasteiger partial charge in [-0.1, -0.05) is 61.9 Å². The number of carboxylic acid groups (broad SMARTS) is 1. The molecular weight excluding hydrogens is 514 g/mol. The van der Waals surface area contributed by atoms with Crippen LogP contribution in [0.15, 0.2) is 59.4 Å². The smallest absolute Gasteiger partial charge is 0.404 e. The minimum absolute atomic E-state index is 0.104. The monoisotopic (exact) mass is 547 g/mol. The van der Waals surface area contributed by atoms with E-state index in [1.54, 1.807) is 28.5 Å². The first-order valence-corrected chi connectivity index (χ1v) is 13.7. The van der Waals surface area contributed by atoms with Gasteiger partial charge in [0.25, 0.3) is 11.5 Å². The predicted molar refractivity (Wildman–Crippen MR) is 152 cm³/mol. The van der Waals surface area contributed by atoms with E-state index in [1.165, 1.54) is 11.5 Å². The van der Waals surface area contributed by atoms with Gasteiger partial charge in [-0.15, -0.1) is 0 Å². The molecule has 0 saturated heterocycles. The van der Waals surface area contributed by atoms with E-state index in [0.29, 0.717) is 40.3 Å². The molecule has 0 saturated carbocycles. The van der Waals surface area contributed by atoms with Crippen molar-refractivity contribution in [2.45, 2.75) is 46.7 Å². The number of carbonyl (C=O) groups is 2. The second kappa shape index (κ2) is 12.2. The Morgan fingerprint density at radius 2 is 1.77 bits per heavy atom. The molecule has 2 aromatic heterocycles. The molecule has 4 aromatic rings. The maximum Gasteiger partial charge on any atom is 0.404 e. The third-order valence-corrected chi connectivity index (χ3v) is 7.46. The quantitative estimate of drug-likeness (QED) is 0.269. The summed E-state index contributed by atoms with van der Waals surface area (Å²) in [5.74, 6) is 0.180. The van der Waals surface area contributed by atoms with Crippen LogP contribution < -0.4 is 10.9 Å². The van der Waals surface area contributed by atoms with E-state index in [9.17, 15) is 14.4 Å². The van der Waals surface area contributed by atoms with Gasteiger partial charge in [0.1, 0.15) is 5.82 Å². The highest BCUT2D eigenvalue weighted by Gasteiger charge is 2.33. The molecule has 204 valence electrons. The Bertz CT molecular complexity index is 1510. The summed E-state index contributed by atoms with van der Waals surface area (Å²) in [5, 5.41) is 11.9. The lowest BCUT2D eigenvalue weighted by Gasteiger charge is -2.35. The summed E-state index contributed by atoms with van der Waals surface area (Å²) in [6, 6.07) is 16.5. The van der Waals surface area contributed by atoms with Crippen LogP contribution in [0.25, 0.3) is 10.2 Å². The summed E-state index contributed by atoms with van der Waals surface area (Å²) in [4.78, 5) is 46.2. The number of rotatable bonds is 10. The zero-order valence-corrected chi connectivity index (χ0v) is 23.4. The normalized spacial score (nSPS) is 12.0. The third-order valence-electron chi connectivity index (χ3n) is 6.62. The number of hydrogen-bond acceptors (Lipinski definition) is 6. The lowest BCUT2D eigenvalue weighted by atomic mass is 9.98. The zero-order valence-electron chi connectivity index (χ0n) is 22.5. The highest BCUT2D eigenvalue weighted by atomic mass is 32.1. The number of aryl methyl sites for hydroxylation is 2. The molecule has 9 nitrogen and oxygen atoms in total. The van der Waals surface area contributed by atoms with Crippen molar-refractivity contribution in [3.8, 4) is 0 Å². The van der Waals surface area contributed by atoms with Crippen LogP contribution in [0.4, 0.5) is 4.79 Å². The van der Waals surface area contributed by atoms with Crippen LogP contribution in [0.1, 0.15) is 59.3 Å². The topological polar surface area (TPSA) is 117 Å². The average molecular weight is 548 g/mol. The van der Waals surface area contributed by atoms with Crippen molar-refractivity contribution in [2.24, 2.45) is 5.92 Å². The van der Waals surface area contributed by atoms with Crippen molar-refractivity contribution in [3.63, 3.8) is 0 Å². The summed E-state index contributed by atoms with van der Waals surface area (Å²) >= 11 is 1.18. The molecule has 39 heavy (non-hydrogen) atoms. The van der Waals surface area contributed by atoms with Gasteiger partial charge in [-0.3, -0.25) is 14.2 Å². The fourth-order valence-electron chi connectivity index (χ4n) is 4.70. The highest BCUT2D eigenvalue weighted by molar-refractivity contribution is 7.12. The van der Waals surface area contributed by atoms with Gasteiger partial charge in [-0.25, -0.2) is 9.78 Å². The molecule has 2 amide bonds. The lowest BCUT2D eigenvalue weighted by molar-refractivity contribution is 0.0601. The van der Waals surface area contributed by atoms with Crippen molar-refractivity contribution < 1.29 is 14.7 Å². The number of hydrogen-bond donors (Lipinski definition) is 2. The molecule has 0 aliphatic rings. The molecule has 0 aliphatic heterocycles. The van der Waals surface area contributed by atoms with Crippen LogP contribution in [0.5, 0.6) is 0 Å². The Morgan fingerprint density at radius 3 is 2.41 bits per heavy atom. The molecule has 1 unspecified atom stereocenters. The van der Waals surface area contributed by atoms with Gasteiger partial charge < -0.3 is 15.3 Å². The standard InChI is InChI=1S/C29H33N5O4S/c1-18(2)24(33(16-8-15-30-29(37)38)27(35)22-13-11-19(3)12-14-22)25-31-26-23(20(4)32-39-26)28(36)34(25)17-21-9-6-5-7-10-21/h5-7,9-14,18,24,30H,8,15-17H2,1-4H3,(H,37,38). The Kier molecular flexibility index (Phi) is 8.75. The second-order valence-corrected chi connectivity index (χ2v) is 10.7. The third kappa shape index (κ3) is 6.34. The molecule has 2 N–H and O–H groups in total. The van der Waals surface area contributed by atoms with Gasteiger partial charge in [0.05, 0.1) is 23.7 Å². The molecule has 0 fully saturated rings. The fraction of sp³-hybridized carbons (Fsp3) is 0.345. The molecular formula is C29H33N5O4S. The van der Waals surface area contributed by atoms with E-state index < -0.39 is 12.1 Å². The minimum atomic E-state index is -1.11. The van der Waals surface area contributed by atoms with E-state index in [1.807, 2.05) is 63.2 Å². The maximum atomic E-state index is 14.0. The Labute approximate surface area is 231 Å². The van der Waals surface area contributed by atoms with Crippen LogP contribution in [0.3, 0.4) is 0 Å². The highest BCUT2D eigenvalue weighted by Crippen LogP contribution is 2.31. The van der Waals surface area contributed by atoms with Crippen molar-refractivity contribution in [3.05, 3.63) is 93.2 Å². The van der Waals surface area contributed by atoms with Gasteiger partial charge in [-0.05, 0) is 55.4 Å². The summed E-state index contributed by atoms with van der Waals surface area (Å²) in [5.41, 5.74) is 2.94. The van der Waals surface area contributed by atoms with Crippen LogP contribution in [-0.4, -0.2) is 49.0 Å². The summed E-state index contributed by atoms with van der Waals surface area (Å²) in [6.45, 7) is 8.51. The van der Waals surface area contributed by atoms with Crippen molar-refractivity contribution in [2.75, 3.05) is 13.1 Å².